The minimum atomic E-state index is -0.437. The molecule has 1 aliphatic rings. The van der Waals surface area contributed by atoms with Gasteiger partial charge < -0.3 is 9.47 Å². The van der Waals surface area contributed by atoms with Gasteiger partial charge in [-0.25, -0.2) is 0 Å². The Kier molecular flexibility index (Phi) is 6.71. The highest BCUT2D eigenvalue weighted by atomic mass is 32.2. The summed E-state index contributed by atoms with van der Waals surface area (Å²) in [6.07, 6.45) is 1.71. The van der Waals surface area contributed by atoms with Crippen molar-refractivity contribution in [1.82, 2.24) is 0 Å². The van der Waals surface area contributed by atoms with Crippen molar-refractivity contribution >= 4 is 51.7 Å². The van der Waals surface area contributed by atoms with E-state index in [0.717, 1.165) is 0 Å². The molecule has 0 atom stereocenters. The van der Waals surface area contributed by atoms with Crippen molar-refractivity contribution < 1.29 is 19.2 Å². The highest BCUT2D eigenvalue weighted by molar-refractivity contribution is 8.27. The molecule has 0 spiro atoms. The van der Waals surface area contributed by atoms with E-state index in [1.807, 2.05) is 24.3 Å². The van der Waals surface area contributed by atoms with E-state index in [-0.39, 0.29) is 18.2 Å². The van der Waals surface area contributed by atoms with Crippen LogP contribution < -0.4 is 14.4 Å². The molecule has 0 aromatic heterocycles. The molecule has 0 saturated carbocycles. The number of ether oxygens (including phenoxy) is 2. The summed E-state index contributed by atoms with van der Waals surface area (Å²) < 4.78 is 11.7. The number of benzene rings is 3. The first-order valence-electron chi connectivity index (χ1n) is 9.84. The van der Waals surface area contributed by atoms with Gasteiger partial charge in [-0.05, 0) is 30.3 Å². The third kappa shape index (κ3) is 4.74. The van der Waals surface area contributed by atoms with E-state index in [9.17, 15) is 14.9 Å². The zero-order valence-electron chi connectivity index (χ0n) is 17.5. The fourth-order valence-corrected chi connectivity index (χ4v) is 4.60. The zero-order chi connectivity index (χ0) is 23.4. The Balaban J connectivity index is 1.60. The van der Waals surface area contributed by atoms with Crippen LogP contribution in [0.15, 0.2) is 77.7 Å². The van der Waals surface area contributed by atoms with E-state index in [2.05, 4.69) is 0 Å². The largest absolute Gasteiger partial charge is 0.495 e. The van der Waals surface area contributed by atoms with Gasteiger partial charge >= 0.3 is 0 Å². The van der Waals surface area contributed by atoms with Crippen LogP contribution in [0.25, 0.3) is 6.08 Å². The van der Waals surface area contributed by atoms with E-state index in [0.29, 0.717) is 37.5 Å². The molecule has 1 aliphatic heterocycles. The van der Waals surface area contributed by atoms with Gasteiger partial charge in [-0.2, -0.15) is 0 Å². The van der Waals surface area contributed by atoms with Crippen molar-refractivity contribution in [3.63, 3.8) is 0 Å². The van der Waals surface area contributed by atoms with Crippen molar-refractivity contribution in [2.24, 2.45) is 0 Å². The molecule has 7 nitrogen and oxygen atoms in total. The fourth-order valence-electron chi connectivity index (χ4n) is 3.33. The number of nitro benzene ring substituents is 1. The van der Waals surface area contributed by atoms with Crippen LogP contribution in [0.3, 0.4) is 0 Å². The number of anilines is 1. The Morgan fingerprint density at radius 3 is 2.45 bits per heavy atom. The lowest BCUT2D eigenvalue weighted by atomic mass is 10.1. The summed E-state index contributed by atoms with van der Waals surface area (Å²) in [5.74, 6) is 0.782. The van der Waals surface area contributed by atoms with Gasteiger partial charge in [-0.3, -0.25) is 19.8 Å². The van der Waals surface area contributed by atoms with Crippen LogP contribution in [0, 0.1) is 10.1 Å². The van der Waals surface area contributed by atoms with Crippen molar-refractivity contribution in [3.05, 3.63) is 98.9 Å². The SMILES string of the molecule is COc1ccccc1N1C(=O)/C(=C\c2ccccc2OCc2ccccc2[N+](=O)[O-])SC1=S. The molecule has 0 N–H and O–H groups in total. The molecule has 3 aromatic rings. The predicted octanol–water partition coefficient (Wildman–Crippen LogP) is 5.59. The summed E-state index contributed by atoms with van der Waals surface area (Å²) >= 11 is 6.65. The van der Waals surface area contributed by atoms with Crippen LogP contribution in [0.2, 0.25) is 0 Å². The first-order chi connectivity index (χ1) is 16.0. The number of rotatable bonds is 7. The number of hydrogen-bond acceptors (Lipinski definition) is 7. The Labute approximate surface area is 199 Å². The second-order valence-electron chi connectivity index (χ2n) is 6.90. The molecule has 1 amide bonds. The molecule has 0 radical (unpaired) electrons. The lowest BCUT2D eigenvalue weighted by molar-refractivity contribution is -0.385. The van der Waals surface area contributed by atoms with Gasteiger partial charge in [-0.15, -0.1) is 0 Å². The first kappa shape index (κ1) is 22.5. The van der Waals surface area contributed by atoms with Crippen molar-refractivity contribution in [2.75, 3.05) is 12.0 Å². The topological polar surface area (TPSA) is 81.9 Å². The Morgan fingerprint density at radius 2 is 1.70 bits per heavy atom. The van der Waals surface area contributed by atoms with Crippen LogP contribution in [-0.4, -0.2) is 22.3 Å². The van der Waals surface area contributed by atoms with Crippen LogP contribution in [0.5, 0.6) is 11.5 Å². The quantitative estimate of drug-likeness (QED) is 0.190. The molecule has 1 heterocycles. The number of hydrogen-bond donors (Lipinski definition) is 0. The minimum absolute atomic E-state index is 0.00680. The molecular weight excluding hydrogens is 460 g/mol. The van der Waals surface area contributed by atoms with Crippen LogP contribution in [0.4, 0.5) is 11.4 Å². The average molecular weight is 479 g/mol. The molecule has 3 aromatic carbocycles. The van der Waals surface area contributed by atoms with Crippen molar-refractivity contribution in [1.29, 1.82) is 0 Å². The molecule has 0 unspecified atom stereocenters. The van der Waals surface area contributed by atoms with Gasteiger partial charge in [0.1, 0.15) is 18.1 Å². The summed E-state index contributed by atoms with van der Waals surface area (Å²) in [6, 6.07) is 20.8. The summed E-state index contributed by atoms with van der Waals surface area (Å²) in [5, 5.41) is 11.3. The number of carbonyl (C=O) groups is 1. The number of thiocarbonyl (C=S) groups is 1. The van der Waals surface area contributed by atoms with Gasteiger partial charge in [0, 0.05) is 11.6 Å². The molecule has 33 heavy (non-hydrogen) atoms. The molecule has 1 fully saturated rings. The molecule has 0 bridgehead atoms. The van der Waals surface area contributed by atoms with Gasteiger partial charge in [0.2, 0.25) is 0 Å². The van der Waals surface area contributed by atoms with Crippen LogP contribution in [-0.2, 0) is 11.4 Å². The number of para-hydroxylation sites is 4. The minimum Gasteiger partial charge on any atom is -0.495 e. The third-order valence-electron chi connectivity index (χ3n) is 4.90. The number of amides is 1. The normalized spacial score (nSPS) is 14.6. The highest BCUT2D eigenvalue weighted by Crippen LogP contribution is 2.40. The molecule has 4 rings (SSSR count). The lowest BCUT2D eigenvalue weighted by Gasteiger charge is -2.17. The van der Waals surface area contributed by atoms with E-state index in [1.54, 1.807) is 48.5 Å². The van der Waals surface area contributed by atoms with Gasteiger partial charge in [0.25, 0.3) is 11.6 Å². The summed E-state index contributed by atoms with van der Waals surface area (Å²) in [5.41, 5.74) is 1.69. The van der Waals surface area contributed by atoms with Crippen molar-refractivity contribution in [3.8, 4) is 11.5 Å². The summed E-state index contributed by atoms with van der Waals surface area (Å²) in [6.45, 7) is 0.0180. The van der Waals surface area contributed by atoms with E-state index in [1.165, 1.54) is 29.8 Å². The monoisotopic (exact) mass is 478 g/mol. The van der Waals surface area contributed by atoms with Crippen LogP contribution >= 0.6 is 24.0 Å². The third-order valence-corrected chi connectivity index (χ3v) is 6.20. The molecule has 166 valence electrons. The van der Waals surface area contributed by atoms with E-state index in [4.69, 9.17) is 21.7 Å². The molecule has 1 saturated heterocycles. The number of nitro groups is 1. The predicted molar refractivity (Wildman–Crippen MR) is 133 cm³/mol. The Bertz CT molecular complexity index is 1270. The van der Waals surface area contributed by atoms with Crippen LogP contribution in [0.1, 0.15) is 11.1 Å². The maximum atomic E-state index is 13.2. The Hall–Kier alpha value is -3.69. The van der Waals surface area contributed by atoms with Gasteiger partial charge in [0.15, 0.2) is 4.32 Å². The zero-order valence-corrected chi connectivity index (χ0v) is 19.1. The van der Waals surface area contributed by atoms with Gasteiger partial charge in [-0.1, -0.05) is 66.4 Å². The van der Waals surface area contributed by atoms with Crippen molar-refractivity contribution in [2.45, 2.75) is 6.61 Å². The fraction of sp³-hybridized carbons (Fsp3) is 0.0833. The average Bonchev–Trinajstić information content (AvgIpc) is 3.11. The number of methoxy groups -OCH3 is 1. The smallest absolute Gasteiger partial charge is 0.276 e. The first-order valence-corrected chi connectivity index (χ1v) is 11.1. The van der Waals surface area contributed by atoms with E-state index < -0.39 is 4.92 Å². The number of nitrogens with zero attached hydrogens (tertiary/aromatic N) is 2. The van der Waals surface area contributed by atoms with Gasteiger partial charge in [0.05, 0.1) is 28.2 Å². The standard InChI is InChI=1S/C24H18N2O5S2/c1-30-21-13-7-5-11-19(21)25-23(27)22(33-24(25)32)14-16-8-3-6-12-20(16)31-15-17-9-2-4-10-18(17)26(28)29/h2-14H,15H2,1H3/b22-14+. The second kappa shape index (κ2) is 9.85. The number of carbonyl (C=O) groups excluding carboxylic acids is 1. The Morgan fingerprint density at radius 1 is 1.03 bits per heavy atom. The number of thioether (sulfide) groups is 1. The summed E-state index contributed by atoms with van der Waals surface area (Å²) in [7, 11) is 1.54. The molecule has 0 aliphatic carbocycles. The molecular formula is C24H18N2O5S2. The lowest BCUT2D eigenvalue weighted by Crippen LogP contribution is -2.27. The maximum Gasteiger partial charge on any atom is 0.276 e. The highest BCUT2D eigenvalue weighted by Gasteiger charge is 2.35. The van der Waals surface area contributed by atoms with E-state index >= 15 is 0 Å². The maximum absolute atomic E-state index is 13.2. The molecule has 9 heteroatoms. The summed E-state index contributed by atoms with van der Waals surface area (Å²) in [4.78, 5) is 25.9. The second-order valence-corrected chi connectivity index (χ2v) is 8.58.